The van der Waals surface area contributed by atoms with E-state index in [2.05, 4.69) is 27.3 Å². The Balaban J connectivity index is 2.04. The summed E-state index contributed by atoms with van der Waals surface area (Å²) in [5.41, 5.74) is 0. The molecule has 2 aromatic rings. The van der Waals surface area contributed by atoms with Gasteiger partial charge in [0.2, 0.25) is 5.76 Å². The van der Waals surface area contributed by atoms with Gasteiger partial charge in [-0.3, -0.25) is 10.1 Å². The van der Waals surface area contributed by atoms with E-state index in [0.717, 1.165) is 0 Å². The third-order valence-corrected chi connectivity index (χ3v) is 2.51. The summed E-state index contributed by atoms with van der Waals surface area (Å²) in [4.78, 5) is 16.2. The molecule has 0 aliphatic heterocycles. The quantitative estimate of drug-likeness (QED) is 0.766. The molecule has 0 fully saturated rings. The van der Waals surface area contributed by atoms with E-state index in [1.807, 2.05) is 0 Å². The number of carbonyl (C=O) groups is 1. The Hall–Kier alpha value is -2.17. The highest BCUT2D eigenvalue weighted by molar-refractivity contribution is 7.16. The van der Waals surface area contributed by atoms with Crippen molar-refractivity contribution in [1.29, 1.82) is 0 Å². The van der Waals surface area contributed by atoms with Gasteiger partial charge >= 0.3 is 0 Å². The highest BCUT2D eigenvalue weighted by Crippen LogP contribution is 2.17. The van der Waals surface area contributed by atoms with Crippen molar-refractivity contribution < 1.29 is 14.4 Å². The molecule has 0 unspecified atom stereocenters. The molecule has 7 heteroatoms. The first-order valence-corrected chi connectivity index (χ1v) is 5.39. The van der Waals surface area contributed by atoms with Crippen molar-refractivity contribution in [2.75, 3.05) is 11.9 Å². The van der Waals surface area contributed by atoms with Gasteiger partial charge in [-0.15, -0.1) is 0 Å². The van der Waals surface area contributed by atoms with Crippen LogP contribution in [0.4, 0.5) is 5.13 Å². The molecule has 17 heavy (non-hydrogen) atoms. The smallest absolute Gasteiger partial charge is 0.296 e. The Kier molecular flexibility index (Phi) is 3.49. The average molecular weight is 249 g/mol. The number of aliphatic hydroxyl groups is 1. The Morgan fingerprint density at radius 2 is 2.53 bits per heavy atom. The molecule has 0 atom stereocenters. The molecule has 0 spiro atoms. The number of aliphatic hydroxyl groups excluding tert-OH is 1. The maximum absolute atomic E-state index is 11.5. The van der Waals surface area contributed by atoms with Crippen LogP contribution in [0.2, 0.25) is 0 Å². The summed E-state index contributed by atoms with van der Waals surface area (Å²) < 4.78 is 4.69. The van der Waals surface area contributed by atoms with Gasteiger partial charge < -0.3 is 9.63 Å². The Morgan fingerprint density at radius 3 is 3.24 bits per heavy atom. The minimum atomic E-state index is -0.418. The fourth-order valence-electron chi connectivity index (χ4n) is 1.01. The lowest BCUT2D eigenvalue weighted by Crippen LogP contribution is -2.10. The zero-order valence-corrected chi connectivity index (χ0v) is 9.32. The Labute approximate surface area is 100 Å². The summed E-state index contributed by atoms with van der Waals surface area (Å²) in [7, 11) is 0. The van der Waals surface area contributed by atoms with Crippen molar-refractivity contribution in [3.8, 4) is 11.8 Å². The molecule has 2 rings (SSSR count). The summed E-state index contributed by atoms with van der Waals surface area (Å²) in [6, 6.07) is 1.45. The third kappa shape index (κ3) is 2.90. The number of hydrogen-bond acceptors (Lipinski definition) is 6. The lowest BCUT2D eigenvalue weighted by molar-refractivity contribution is 0.0988. The van der Waals surface area contributed by atoms with Crippen LogP contribution in [0.15, 0.2) is 23.0 Å². The number of aromatic nitrogens is 2. The average Bonchev–Trinajstić information content (AvgIpc) is 2.97. The predicted octanol–water partition coefficient (Wildman–Crippen LogP) is 0.727. The monoisotopic (exact) mass is 249 g/mol. The number of anilines is 1. The number of carbonyl (C=O) groups excluding carboxylic acids is 1. The van der Waals surface area contributed by atoms with E-state index >= 15 is 0 Å². The molecule has 0 aromatic carbocycles. The molecule has 0 aliphatic carbocycles. The van der Waals surface area contributed by atoms with Crippen molar-refractivity contribution in [3.63, 3.8) is 0 Å². The highest BCUT2D eigenvalue weighted by atomic mass is 32.1. The second-order valence-electron chi connectivity index (χ2n) is 2.82. The fraction of sp³-hybridized carbons (Fsp3) is 0.100. The van der Waals surface area contributed by atoms with Crippen molar-refractivity contribution in [2.24, 2.45) is 0 Å². The van der Waals surface area contributed by atoms with Crippen LogP contribution in [0.1, 0.15) is 15.4 Å². The zero-order chi connectivity index (χ0) is 12.1. The molecule has 1 amide bonds. The standard InChI is InChI=1S/C10H7N3O3S/c14-5-1-2-7-6-11-10(17-7)13-9(15)8-3-4-12-16-8/h3-4,6,14H,5H2,(H,11,13,15). The van der Waals surface area contributed by atoms with E-state index in [-0.39, 0.29) is 12.4 Å². The van der Waals surface area contributed by atoms with E-state index in [4.69, 9.17) is 9.63 Å². The van der Waals surface area contributed by atoms with Crippen LogP contribution in [0.25, 0.3) is 0 Å². The van der Waals surface area contributed by atoms with Crippen LogP contribution in [-0.2, 0) is 0 Å². The normalized spacial score (nSPS) is 9.47. The predicted molar refractivity (Wildman–Crippen MR) is 60.5 cm³/mol. The molecule has 2 heterocycles. The molecule has 2 N–H and O–H groups in total. The molecule has 0 saturated carbocycles. The maximum Gasteiger partial charge on any atom is 0.296 e. The SMILES string of the molecule is O=C(Nc1ncc(C#CCO)s1)c1ccno1. The van der Waals surface area contributed by atoms with Crippen LogP contribution < -0.4 is 5.32 Å². The first-order chi connectivity index (χ1) is 8.29. The van der Waals surface area contributed by atoms with Crippen molar-refractivity contribution in [2.45, 2.75) is 0 Å². The number of rotatable bonds is 2. The summed E-state index contributed by atoms with van der Waals surface area (Å²) in [5, 5.41) is 14.9. The van der Waals surface area contributed by atoms with Crippen LogP contribution in [0.3, 0.4) is 0 Å². The third-order valence-electron chi connectivity index (χ3n) is 1.68. The van der Waals surface area contributed by atoms with Crippen LogP contribution in [0.5, 0.6) is 0 Å². The fourth-order valence-corrected chi connectivity index (χ4v) is 1.69. The molecule has 2 aromatic heterocycles. The number of nitrogens with zero attached hydrogens (tertiary/aromatic N) is 2. The van der Waals surface area contributed by atoms with E-state index < -0.39 is 5.91 Å². The first-order valence-electron chi connectivity index (χ1n) is 4.57. The van der Waals surface area contributed by atoms with Crippen molar-refractivity contribution >= 4 is 22.4 Å². The van der Waals surface area contributed by atoms with Crippen molar-refractivity contribution in [1.82, 2.24) is 10.1 Å². The molecule has 0 bridgehead atoms. The molecule has 0 saturated heterocycles. The summed E-state index contributed by atoms with van der Waals surface area (Å²) in [6.45, 7) is -0.211. The Bertz CT molecular complexity index is 565. The number of hydrogen-bond donors (Lipinski definition) is 2. The summed E-state index contributed by atoms with van der Waals surface area (Å²) >= 11 is 1.21. The van der Waals surface area contributed by atoms with Gasteiger partial charge in [0.25, 0.3) is 5.91 Å². The molecule has 0 radical (unpaired) electrons. The molecular weight excluding hydrogens is 242 g/mol. The summed E-state index contributed by atoms with van der Waals surface area (Å²) in [6.07, 6.45) is 2.90. The molecule has 6 nitrogen and oxygen atoms in total. The number of amides is 1. The van der Waals surface area contributed by atoms with Gasteiger partial charge in [-0.1, -0.05) is 28.3 Å². The van der Waals surface area contributed by atoms with Gasteiger partial charge in [-0.25, -0.2) is 4.98 Å². The van der Waals surface area contributed by atoms with E-state index in [0.29, 0.717) is 10.0 Å². The van der Waals surface area contributed by atoms with E-state index in [9.17, 15) is 4.79 Å². The van der Waals surface area contributed by atoms with Gasteiger partial charge in [-0.05, 0) is 0 Å². The molecule has 0 aliphatic rings. The lowest BCUT2D eigenvalue weighted by atomic mass is 10.4. The second-order valence-corrected chi connectivity index (χ2v) is 3.85. The van der Waals surface area contributed by atoms with Gasteiger partial charge in [0.1, 0.15) is 6.61 Å². The number of nitrogens with one attached hydrogen (secondary N) is 1. The van der Waals surface area contributed by atoms with Gasteiger partial charge in [-0.2, -0.15) is 0 Å². The Morgan fingerprint density at radius 1 is 1.65 bits per heavy atom. The van der Waals surface area contributed by atoms with Crippen LogP contribution >= 0.6 is 11.3 Å². The van der Waals surface area contributed by atoms with Crippen molar-refractivity contribution in [3.05, 3.63) is 29.1 Å². The van der Waals surface area contributed by atoms with Gasteiger partial charge in [0.05, 0.1) is 17.3 Å². The zero-order valence-electron chi connectivity index (χ0n) is 8.51. The second kappa shape index (κ2) is 5.25. The lowest BCUT2D eigenvalue weighted by Gasteiger charge is -1.95. The first kappa shape index (κ1) is 11.3. The largest absolute Gasteiger partial charge is 0.384 e. The molecule has 86 valence electrons. The molecular formula is C10H7N3O3S. The minimum Gasteiger partial charge on any atom is -0.384 e. The topological polar surface area (TPSA) is 88.2 Å². The summed E-state index contributed by atoms with van der Waals surface area (Å²) in [5.74, 6) is 4.88. The van der Waals surface area contributed by atoms with E-state index in [1.165, 1.54) is 29.8 Å². The van der Waals surface area contributed by atoms with Gasteiger partial charge in [0, 0.05) is 6.07 Å². The van der Waals surface area contributed by atoms with E-state index in [1.54, 1.807) is 0 Å². The van der Waals surface area contributed by atoms with Gasteiger partial charge in [0.15, 0.2) is 5.13 Å². The maximum atomic E-state index is 11.5. The van der Waals surface area contributed by atoms with Crippen LogP contribution in [0, 0.1) is 11.8 Å². The van der Waals surface area contributed by atoms with Crippen LogP contribution in [-0.4, -0.2) is 27.8 Å². The highest BCUT2D eigenvalue weighted by Gasteiger charge is 2.11. The minimum absolute atomic E-state index is 0.114. The number of thiazole rings is 1.